The van der Waals surface area contributed by atoms with Gasteiger partial charge in [-0.2, -0.15) is 0 Å². The van der Waals surface area contributed by atoms with Crippen molar-refractivity contribution in [3.05, 3.63) is 69.5 Å². The molecule has 10 heteroatoms. The Hall–Kier alpha value is -2.39. The highest BCUT2D eigenvalue weighted by Crippen LogP contribution is 2.37. The quantitative estimate of drug-likeness (QED) is 0.306. The van der Waals surface area contributed by atoms with Crippen molar-refractivity contribution in [1.82, 2.24) is 19.7 Å². The molecule has 0 spiro atoms. The Labute approximate surface area is 213 Å². The van der Waals surface area contributed by atoms with Crippen LogP contribution in [0.5, 0.6) is 0 Å². The summed E-state index contributed by atoms with van der Waals surface area (Å²) in [5, 5.41) is 10.9. The molecule has 2 heterocycles. The zero-order valence-corrected chi connectivity index (χ0v) is 21.5. The average molecular weight is 518 g/mol. The zero-order chi connectivity index (χ0) is 24.2. The normalized spacial score (nSPS) is 14.9. The first kappa shape index (κ1) is 24.7. The Bertz CT molecular complexity index is 1230. The first-order valence-electron chi connectivity index (χ1n) is 10.8. The van der Waals surface area contributed by atoms with Crippen LogP contribution in [0.1, 0.15) is 35.8 Å². The van der Waals surface area contributed by atoms with Gasteiger partial charge in [-0.1, -0.05) is 53.2 Å². The summed E-state index contributed by atoms with van der Waals surface area (Å²) in [6.07, 6.45) is 0.621. The standard InChI is InChI=1S/C24H25Cl2N5O2S/c1-30(2)12-13-34-24-29-28-23-19(9-11-21(32)33-3)27-22(16-6-4-5-7-18(16)26)17-14-15(25)8-10-20(17)31(23)24/h4-8,10,14,19H,9,11-13H2,1-3H3/t19-/m0/s1. The number of aliphatic imine (C=N–C) groups is 1. The minimum Gasteiger partial charge on any atom is -0.469 e. The van der Waals surface area contributed by atoms with Crippen LogP contribution in [-0.2, 0) is 9.53 Å². The molecular formula is C24H25Cl2N5O2S. The first-order chi connectivity index (χ1) is 16.4. The predicted molar refractivity (Wildman–Crippen MR) is 137 cm³/mol. The van der Waals surface area contributed by atoms with E-state index >= 15 is 0 Å². The number of hydrogen-bond acceptors (Lipinski definition) is 7. The van der Waals surface area contributed by atoms with Crippen LogP contribution in [0.15, 0.2) is 52.6 Å². The summed E-state index contributed by atoms with van der Waals surface area (Å²) in [4.78, 5) is 19.2. The molecule has 0 radical (unpaired) electrons. The highest BCUT2D eigenvalue weighted by atomic mass is 35.5. The molecule has 0 unspecified atom stereocenters. The number of thioether (sulfide) groups is 1. The van der Waals surface area contributed by atoms with E-state index in [9.17, 15) is 4.79 Å². The van der Waals surface area contributed by atoms with E-state index < -0.39 is 6.04 Å². The fourth-order valence-corrected chi connectivity index (χ4v) is 5.19. The lowest BCUT2D eigenvalue weighted by atomic mass is 10.00. The van der Waals surface area contributed by atoms with Gasteiger partial charge in [-0.15, -0.1) is 10.2 Å². The summed E-state index contributed by atoms with van der Waals surface area (Å²) >= 11 is 14.7. The summed E-state index contributed by atoms with van der Waals surface area (Å²) in [6, 6.07) is 12.8. The molecule has 1 aliphatic rings. The van der Waals surface area contributed by atoms with Gasteiger partial charge >= 0.3 is 5.97 Å². The van der Waals surface area contributed by atoms with E-state index in [4.69, 9.17) is 32.9 Å². The number of ether oxygens (including phenoxy) is 1. The van der Waals surface area contributed by atoms with Crippen molar-refractivity contribution in [2.24, 2.45) is 4.99 Å². The maximum Gasteiger partial charge on any atom is 0.305 e. The molecule has 3 aromatic rings. The van der Waals surface area contributed by atoms with Crippen LogP contribution in [0.2, 0.25) is 10.0 Å². The van der Waals surface area contributed by atoms with Crippen LogP contribution in [-0.4, -0.2) is 64.8 Å². The second kappa shape index (κ2) is 10.9. The van der Waals surface area contributed by atoms with E-state index in [1.54, 1.807) is 11.8 Å². The van der Waals surface area contributed by atoms with E-state index in [1.165, 1.54) is 7.11 Å². The van der Waals surface area contributed by atoms with E-state index in [0.29, 0.717) is 28.0 Å². The second-order valence-electron chi connectivity index (χ2n) is 8.08. The molecular weight excluding hydrogens is 493 g/mol. The summed E-state index contributed by atoms with van der Waals surface area (Å²) < 4.78 is 6.90. The molecule has 34 heavy (non-hydrogen) atoms. The SMILES string of the molecule is COC(=O)CC[C@@H]1N=C(c2ccccc2Cl)c2cc(Cl)ccc2-n2c(SCCN(C)C)nnc21. The Morgan fingerprint density at radius 3 is 2.68 bits per heavy atom. The lowest BCUT2D eigenvalue weighted by Gasteiger charge is -2.15. The molecule has 2 aromatic carbocycles. The zero-order valence-electron chi connectivity index (χ0n) is 19.2. The van der Waals surface area contributed by atoms with Gasteiger partial charge in [0.05, 0.1) is 18.5 Å². The minimum atomic E-state index is -0.424. The molecule has 0 fully saturated rings. The van der Waals surface area contributed by atoms with Gasteiger partial charge in [-0.3, -0.25) is 14.4 Å². The van der Waals surface area contributed by atoms with Crippen LogP contribution >= 0.6 is 35.0 Å². The number of halogens is 2. The summed E-state index contributed by atoms with van der Waals surface area (Å²) in [5.74, 6) is 1.21. The van der Waals surface area contributed by atoms with Crippen molar-refractivity contribution in [2.75, 3.05) is 33.5 Å². The van der Waals surface area contributed by atoms with Crippen molar-refractivity contribution in [2.45, 2.75) is 24.0 Å². The Kier molecular flexibility index (Phi) is 7.93. The molecule has 7 nitrogen and oxygen atoms in total. The first-order valence-corrected chi connectivity index (χ1v) is 12.6. The van der Waals surface area contributed by atoms with E-state index in [-0.39, 0.29) is 12.4 Å². The van der Waals surface area contributed by atoms with Gasteiger partial charge in [0, 0.05) is 39.9 Å². The predicted octanol–water partition coefficient (Wildman–Crippen LogP) is 5.07. The van der Waals surface area contributed by atoms with Gasteiger partial charge in [0.2, 0.25) is 0 Å². The number of aromatic nitrogens is 3. The molecule has 1 aromatic heterocycles. The van der Waals surface area contributed by atoms with Crippen molar-refractivity contribution in [3.63, 3.8) is 0 Å². The largest absolute Gasteiger partial charge is 0.469 e. The van der Waals surface area contributed by atoms with Gasteiger partial charge in [0.1, 0.15) is 6.04 Å². The van der Waals surface area contributed by atoms with Crippen LogP contribution in [0, 0.1) is 0 Å². The summed E-state index contributed by atoms with van der Waals surface area (Å²) in [7, 11) is 5.46. The van der Waals surface area contributed by atoms with Crippen molar-refractivity contribution < 1.29 is 9.53 Å². The van der Waals surface area contributed by atoms with Gasteiger partial charge in [0.15, 0.2) is 11.0 Å². The lowest BCUT2D eigenvalue weighted by Crippen LogP contribution is -2.15. The number of hydrogen-bond donors (Lipinski definition) is 0. The number of nitrogens with zero attached hydrogens (tertiary/aromatic N) is 5. The summed E-state index contributed by atoms with van der Waals surface area (Å²) in [6.45, 7) is 0.896. The topological polar surface area (TPSA) is 72.6 Å². The molecule has 178 valence electrons. The van der Waals surface area contributed by atoms with Gasteiger partial charge < -0.3 is 9.64 Å². The third-order valence-electron chi connectivity index (χ3n) is 5.44. The maximum absolute atomic E-state index is 12.0. The molecule has 1 atom stereocenters. The Balaban J connectivity index is 1.89. The highest BCUT2D eigenvalue weighted by molar-refractivity contribution is 7.99. The smallest absolute Gasteiger partial charge is 0.305 e. The molecule has 0 amide bonds. The van der Waals surface area contributed by atoms with Crippen molar-refractivity contribution >= 4 is 46.6 Å². The number of fused-ring (bicyclic) bond motifs is 3. The number of rotatable bonds is 8. The van der Waals surface area contributed by atoms with Gasteiger partial charge in [-0.05, 0) is 44.8 Å². The number of esters is 1. The number of methoxy groups -OCH3 is 1. The Morgan fingerprint density at radius 2 is 1.94 bits per heavy atom. The molecule has 0 bridgehead atoms. The molecule has 0 aliphatic carbocycles. The average Bonchev–Trinajstić information content (AvgIpc) is 3.17. The molecule has 0 saturated carbocycles. The molecule has 1 aliphatic heterocycles. The van der Waals surface area contributed by atoms with Gasteiger partial charge in [0.25, 0.3) is 0 Å². The molecule has 0 saturated heterocycles. The second-order valence-corrected chi connectivity index (χ2v) is 9.98. The minimum absolute atomic E-state index is 0.202. The van der Waals surface area contributed by atoms with Crippen molar-refractivity contribution in [3.8, 4) is 5.69 Å². The van der Waals surface area contributed by atoms with Crippen LogP contribution < -0.4 is 0 Å². The fraction of sp³-hybridized carbons (Fsp3) is 0.333. The fourth-order valence-electron chi connectivity index (χ4n) is 3.73. The van der Waals surface area contributed by atoms with E-state index in [2.05, 4.69) is 15.1 Å². The molecule has 0 N–H and O–H groups in total. The number of carbonyl (C=O) groups excluding carboxylic acids is 1. The summed E-state index contributed by atoms with van der Waals surface area (Å²) in [5.41, 5.74) is 3.19. The number of benzene rings is 2. The third kappa shape index (κ3) is 5.30. The van der Waals surface area contributed by atoms with Crippen LogP contribution in [0.4, 0.5) is 0 Å². The highest BCUT2D eigenvalue weighted by Gasteiger charge is 2.30. The van der Waals surface area contributed by atoms with Crippen molar-refractivity contribution in [1.29, 1.82) is 0 Å². The Morgan fingerprint density at radius 1 is 1.15 bits per heavy atom. The van der Waals surface area contributed by atoms with Crippen LogP contribution in [0.3, 0.4) is 0 Å². The monoisotopic (exact) mass is 517 g/mol. The van der Waals surface area contributed by atoms with E-state index in [0.717, 1.165) is 34.3 Å². The van der Waals surface area contributed by atoms with E-state index in [1.807, 2.05) is 61.1 Å². The number of carbonyl (C=O) groups is 1. The third-order valence-corrected chi connectivity index (χ3v) is 6.92. The van der Waals surface area contributed by atoms with Gasteiger partial charge in [-0.25, -0.2) is 0 Å². The van der Waals surface area contributed by atoms with Crippen LogP contribution in [0.25, 0.3) is 5.69 Å². The maximum atomic E-state index is 12.0. The molecule has 4 rings (SSSR count). The lowest BCUT2D eigenvalue weighted by molar-refractivity contribution is -0.140.